The summed E-state index contributed by atoms with van der Waals surface area (Å²) in [6, 6.07) is 110. The van der Waals surface area contributed by atoms with Gasteiger partial charge < -0.3 is 19.6 Å². The number of nitrogens with zero attached hydrogens (tertiary/aromatic N) is 4. The first-order valence-corrected chi connectivity index (χ1v) is 27.0. The second kappa shape index (κ2) is 21.0. The Bertz CT molecular complexity index is 3580. The predicted molar refractivity (Wildman–Crippen MR) is 328 cm³/mol. The van der Waals surface area contributed by atoms with Gasteiger partial charge in [0.15, 0.2) is 0 Å². The molecule has 374 valence electrons. The van der Waals surface area contributed by atoms with Crippen LogP contribution in [0.2, 0.25) is 0 Å². The standard InChI is InChI=1S/C74H58N4/c1-74(71-52-65(76(58-30-14-4-15-31-58)59-32-16-5-17-33-59)46-49-68(71)55-42-44-64(45-43-55)75(56-26-10-2-11-27-56)57-28-12-3-13-29-57)72-53-66(77(60-34-18-6-19-35-60)61-36-20-7-21-37-61)47-50-69(72)70-51-48-67(54-73(70)74)78(62-38-22-8-23-39-62)63-40-24-9-25-41-63/h2-45,47-54,65H,46H2,1H3/t65-/m0/s1. The van der Waals surface area contributed by atoms with Gasteiger partial charge in [-0.25, -0.2) is 0 Å². The van der Waals surface area contributed by atoms with E-state index in [0.717, 1.165) is 69.0 Å². The van der Waals surface area contributed by atoms with Crippen LogP contribution in [0.4, 0.5) is 62.6 Å². The molecule has 0 aliphatic heterocycles. The molecular weight excluding hydrogens is 945 g/mol. The molecular formula is C74H58N4. The summed E-state index contributed by atoms with van der Waals surface area (Å²) in [4.78, 5) is 9.66. The molecule has 0 spiro atoms. The Morgan fingerprint density at radius 3 is 0.923 bits per heavy atom. The van der Waals surface area contributed by atoms with Gasteiger partial charge in [0.25, 0.3) is 0 Å². The molecule has 0 heterocycles. The summed E-state index contributed by atoms with van der Waals surface area (Å²) >= 11 is 0. The molecule has 4 heteroatoms. The zero-order valence-electron chi connectivity index (χ0n) is 43.6. The van der Waals surface area contributed by atoms with Gasteiger partial charge in [0, 0.05) is 68.0 Å². The maximum Gasteiger partial charge on any atom is 0.0563 e. The molecule has 2 aliphatic rings. The summed E-state index contributed by atoms with van der Waals surface area (Å²) in [5, 5.41) is 0. The van der Waals surface area contributed by atoms with Crippen molar-refractivity contribution in [3.63, 3.8) is 0 Å². The van der Waals surface area contributed by atoms with Crippen LogP contribution in [0, 0.1) is 0 Å². The van der Waals surface area contributed by atoms with Gasteiger partial charge in [-0.15, -0.1) is 0 Å². The number of para-hydroxylation sites is 8. The third kappa shape index (κ3) is 8.93. The highest BCUT2D eigenvalue weighted by atomic mass is 15.2. The summed E-state index contributed by atoms with van der Waals surface area (Å²) < 4.78 is 0. The summed E-state index contributed by atoms with van der Waals surface area (Å²) in [5.41, 5.74) is 20.2. The molecule has 2 aliphatic carbocycles. The van der Waals surface area contributed by atoms with Crippen molar-refractivity contribution in [1.29, 1.82) is 0 Å². The Morgan fingerprint density at radius 2 is 0.590 bits per heavy atom. The molecule has 0 aromatic heterocycles. The van der Waals surface area contributed by atoms with Crippen molar-refractivity contribution in [2.75, 3.05) is 19.6 Å². The third-order valence-electron chi connectivity index (χ3n) is 15.6. The quantitative estimate of drug-likeness (QED) is 0.108. The fraction of sp³-hybridized carbons (Fsp3) is 0.0541. The number of fused-ring (bicyclic) bond motifs is 3. The first-order chi connectivity index (χ1) is 38.6. The van der Waals surface area contributed by atoms with Gasteiger partial charge in [-0.2, -0.15) is 0 Å². The molecule has 0 saturated heterocycles. The van der Waals surface area contributed by atoms with Crippen LogP contribution in [-0.2, 0) is 5.41 Å². The van der Waals surface area contributed by atoms with Gasteiger partial charge in [-0.05, 0) is 186 Å². The van der Waals surface area contributed by atoms with Crippen LogP contribution >= 0.6 is 0 Å². The van der Waals surface area contributed by atoms with Crippen molar-refractivity contribution < 1.29 is 0 Å². The van der Waals surface area contributed by atoms with Gasteiger partial charge >= 0.3 is 0 Å². The predicted octanol–water partition coefficient (Wildman–Crippen LogP) is 20.0. The normalized spacial score (nSPS) is 14.0. The highest BCUT2D eigenvalue weighted by molar-refractivity contribution is 5.95. The molecule has 11 aromatic rings. The van der Waals surface area contributed by atoms with Crippen LogP contribution in [0.5, 0.6) is 0 Å². The maximum absolute atomic E-state index is 2.61. The fourth-order valence-corrected chi connectivity index (χ4v) is 12.0. The minimum Gasteiger partial charge on any atom is -0.334 e. The van der Waals surface area contributed by atoms with Gasteiger partial charge in [0.05, 0.1) is 6.04 Å². The molecule has 11 aromatic carbocycles. The molecule has 0 bridgehead atoms. The Balaban J connectivity index is 1.05. The van der Waals surface area contributed by atoms with E-state index < -0.39 is 5.41 Å². The number of allylic oxidation sites excluding steroid dienone is 2. The summed E-state index contributed by atoms with van der Waals surface area (Å²) in [7, 11) is 0. The van der Waals surface area contributed by atoms with Crippen molar-refractivity contribution >= 4 is 68.1 Å². The zero-order chi connectivity index (χ0) is 52.3. The van der Waals surface area contributed by atoms with Crippen LogP contribution < -0.4 is 19.6 Å². The van der Waals surface area contributed by atoms with E-state index in [0.29, 0.717) is 0 Å². The van der Waals surface area contributed by atoms with E-state index in [9.17, 15) is 0 Å². The van der Waals surface area contributed by atoms with E-state index in [2.05, 4.69) is 342 Å². The highest BCUT2D eigenvalue weighted by Crippen LogP contribution is 2.59. The second-order valence-electron chi connectivity index (χ2n) is 20.2. The monoisotopic (exact) mass is 1000 g/mol. The van der Waals surface area contributed by atoms with Gasteiger partial charge in [-0.1, -0.05) is 182 Å². The number of anilines is 11. The van der Waals surface area contributed by atoms with Crippen molar-refractivity contribution in [3.8, 4) is 11.1 Å². The zero-order valence-corrected chi connectivity index (χ0v) is 43.6. The number of rotatable bonds is 14. The van der Waals surface area contributed by atoms with Crippen molar-refractivity contribution in [2.45, 2.75) is 24.8 Å². The van der Waals surface area contributed by atoms with Gasteiger partial charge in [0.2, 0.25) is 0 Å². The minimum atomic E-state index is -0.670. The number of hydrogen-bond donors (Lipinski definition) is 0. The SMILES string of the molecule is CC1(C2=C[C@@H](N(c3ccccc3)c3ccccc3)CC=C2c2ccc(N(c3ccccc3)c3ccccc3)cc2)c2cc(N(c3ccccc3)c3ccccc3)ccc2-c2ccc(N(c3ccccc3)c3ccccc3)cc21. The Hall–Kier alpha value is -9.90. The van der Waals surface area contributed by atoms with E-state index in [1.165, 1.54) is 39.0 Å². The smallest absolute Gasteiger partial charge is 0.0563 e. The van der Waals surface area contributed by atoms with E-state index >= 15 is 0 Å². The minimum absolute atomic E-state index is 0.0227. The lowest BCUT2D eigenvalue weighted by Crippen LogP contribution is -2.34. The molecule has 1 atom stereocenters. The summed E-state index contributed by atoms with van der Waals surface area (Å²) in [6.07, 6.45) is 5.93. The van der Waals surface area contributed by atoms with Crippen LogP contribution in [-0.4, -0.2) is 6.04 Å². The Kier molecular flexibility index (Phi) is 12.9. The van der Waals surface area contributed by atoms with Crippen LogP contribution in [0.3, 0.4) is 0 Å². The van der Waals surface area contributed by atoms with Gasteiger partial charge in [-0.3, -0.25) is 0 Å². The first kappa shape index (κ1) is 47.8. The summed E-state index contributed by atoms with van der Waals surface area (Å²) in [5.74, 6) is 0. The molecule has 0 amide bonds. The lowest BCUT2D eigenvalue weighted by atomic mass is 9.67. The highest BCUT2D eigenvalue weighted by Gasteiger charge is 2.46. The molecule has 0 N–H and O–H groups in total. The fourth-order valence-electron chi connectivity index (χ4n) is 12.0. The summed E-state index contributed by atoms with van der Waals surface area (Å²) in [6.45, 7) is 2.49. The average molecular weight is 1000 g/mol. The second-order valence-corrected chi connectivity index (χ2v) is 20.2. The maximum atomic E-state index is 2.61. The first-order valence-electron chi connectivity index (χ1n) is 27.0. The molecule has 4 nitrogen and oxygen atoms in total. The molecule has 0 radical (unpaired) electrons. The Morgan fingerprint density at radius 1 is 0.308 bits per heavy atom. The van der Waals surface area contributed by atoms with Crippen molar-refractivity contribution in [1.82, 2.24) is 0 Å². The lowest BCUT2D eigenvalue weighted by molar-refractivity contribution is 0.685. The van der Waals surface area contributed by atoms with E-state index in [4.69, 9.17) is 0 Å². The number of benzene rings is 11. The molecule has 0 saturated carbocycles. The molecule has 78 heavy (non-hydrogen) atoms. The van der Waals surface area contributed by atoms with Crippen LogP contribution in [0.15, 0.2) is 321 Å². The van der Waals surface area contributed by atoms with Gasteiger partial charge in [0.1, 0.15) is 0 Å². The largest absolute Gasteiger partial charge is 0.334 e. The van der Waals surface area contributed by atoms with Crippen LogP contribution in [0.25, 0.3) is 16.7 Å². The Labute approximate surface area is 459 Å². The van der Waals surface area contributed by atoms with Crippen LogP contribution in [0.1, 0.15) is 30.0 Å². The van der Waals surface area contributed by atoms with E-state index in [1.54, 1.807) is 0 Å². The topological polar surface area (TPSA) is 13.0 Å². The molecule has 0 unspecified atom stereocenters. The average Bonchev–Trinajstić information content (AvgIpc) is 3.99. The van der Waals surface area contributed by atoms with Crippen molar-refractivity contribution in [2.24, 2.45) is 0 Å². The molecule has 13 rings (SSSR count). The third-order valence-corrected chi connectivity index (χ3v) is 15.6. The number of hydrogen-bond acceptors (Lipinski definition) is 4. The molecule has 0 fully saturated rings. The van der Waals surface area contributed by atoms with E-state index in [1.807, 2.05) is 0 Å². The lowest BCUT2D eigenvalue weighted by Gasteiger charge is -2.40. The van der Waals surface area contributed by atoms with Crippen molar-refractivity contribution in [3.05, 3.63) is 338 Å². The van der Waals surface area contributed by atoms with E-state index in [-0.39, 0.29) is 6.04 Å².